The number of aromatic nitrogens is 3. The fourth-order valence-electron chi connectivity index (χ4n) is 5.90. The lowest BCUT2D eigenvalue weighted by molar-refractivity contribution is 0.669. The van der Waals surface area contributed by atoms with Gasteiger partial charge in [-0.3, -0.25) is 0 Å². The Bertz CT molecular complexity index is 2170. The van der Waals surface area contributed by atoms with Crippen LogP contribution >= 0.6 is 0 Å². The molecule has 0 fully saturated rings. The van der Waals surface area contributed by atoms with Crippen molar-refractivity contribution in [2.75, 3.05) is 0 Å². The molecule has 0 radical (unpaired) electrons. The Morgan fingerprint density at radius 3 is 1.98 bits per heavy atom. The Morgan fingerprint density at radius 2 is 1.19 bits per heavy atom. The molecule has 0 saturated heterocycles. The molecule has 43 heavy (non-hydrogen) atoms. The molecular weight excluding hydrogens is 526 g/mol. The highest BCUT2D eigenvalue weighted by molar-refractivity contribution is 6.12. The summed E-state index contributed by atoms with van der Waals surface area (Å²) >= 11 is 0. The molecule has 4 heteroatoms. The van der Waals surface area contributed by atoms with Crippen LogP contribution in [0.5, 0.6) is 0 Å². The first-order valence-electron chi connectivity index (χ1n) is 14.6. The molecule has 2 heterocycles. The van der Waals surface area contributed by atoms with Crippen molar-refractivity contribution in [2.45, 2.75) is 12.3 Å². The van der Waals surface area contributed by atoms with E-state index in [0.29, 0.717) is 11.6 Å². The number of nitrogens with zero attached hydrogens (tertiary/aromatic N) is 3. The summed E-state index contributed by atoms with van der Waals surface area (Å²) in [7, 11) is 0. The Labute approximate surface area is 249 Å². The Balaban J connectivity index is 1.27. The molecule has 1 aliphatic carbocycles. The van der Waals surface area contributed by atoms with Crippen molar-refractivity contribution < 1.29 is 4.42 Å². The summed E-state index contributed by atoms with van der Waals surface area (Å²) < 4.78 is 6.17. The SMILES string of the molecule is C1=CCC(c2nc(-c3cccc(-c4ccccc4)c3)nc(-c3cccc(-c4cccc5oc6ccccc6c45)c3)n2)C=C1. The van der Waals surface area contributed by atoms with Crippen LogP contribution in [0.3, 0.4) is 0 Å². The number of allylic oxidation sites excluding steroid dienone is 4. The molecule has 2 aromatic heterocycles. The predicted molar refractivity (Wildman–Crippen MR) is 174 cm³/mol. The standard InChI is InChI=1S/C39H27N3O/c1-3-12-26(13-4-1)28-16-9-18-30(24-28)38-40-37(27-14-5-2-6-15-27)41-39(42-38)31-19-10-17-29(25-31)32-21-11-23-35-36(32)33-20-7-8-22-34(33)43-35/h1-14,16-25,27H,15H2. The van der Waals surface area contributed by atoms with E-state index in [1.807, 2.05) is 24.3 Å². The second-order valence-corrected chi connectivity index (χ2v) is 10.8. The lowest BCUT2D eigenvalue weighted by atomic mass is 9.97. The smallest absolute Gasteiger partial charge is 0.163 e. The van der Waals surface area contributed by atoms with Gasteiger partial charge in [-0.1, -0.05) is 121 Å². The maximum Gasteiger partial charge on any atom is 0.163 e. The molecule has 4 nitrogen and oxygen atoms in total. The Morgan fingerprint density at radius 1 is 0.535 bits per heavy atom. The molecule has 0 bridgehead atoms. The van der Waals surface area contributed by atoms with Crippen LogP contribution in [0.25, 0.3) is 67.0 Å². The van der Waals surface area contributed by atoms with Gasteiger partial charge in [-0.15, -0.1) is 0 Å². The first kappa shape index (κ1) is 25.1. The number of hydrogen-bond acceptors (Lipinski definition) is 4. The minimum absolute atomic E-state index is 0.0945. The van der Waals surface area contributed by atoms with Crippen molar-refractivity contribution in [1.29, 1.82) is 0 Å². The van der Waals surface area contributed by atoms with E-state index in [1.54, 1.807) is 0 Å². The maximum absolute atomic E-state index is 6.17. The zero-order valence-corrected chi connectivity index (χ0v) is 23.4. The van der Waals surface area contributed by atoms with Gasteiger partial charge in [0, 0.05) is 27.8 Å². The third-order valence-corrected chi connectivity index (χ3v) is 8.03. The lowest BCUT2D eigenvalue weighted by Gasteiger charge is -2.15. The third kappa shape index (κ3) is 4.73. The van der Waals surface area contributed by atoms with Gasteiger partial charge in [0.1, 0.15) is 17.0 Å². The molecule has 5 aromatic carbocycles. The minimum atomic E-state index is 0.0945. The average molecular weight is 554 g/mol. The van der Waals surface area contributed by atoms with Crippen molar-refractivity contribution in [2.24, 2.45) is 0 Å². The molecule has 204 valence electrons. The fraction of sp³-hybridized carbons (Fsp3) is 0.0513. The van der Waals surface area contributed by atoms with Gasteiger partial charge in [0.25, 0.3) is 0 Å². The van der Waals surface area contributed by atoms with E-state index in [9.17, 15) is 0 Å². The van der Waals surface area contributed by atoms with Crippen LogP contribution in [-0.2, 0) is 0 Å². The van der Waals surface area contributed by atoms with Crippen molar-refractivity contribution in [1.82, 2.24) is 15.0 Å². The number of hydrogen-bond donors (Lipinski definition) is 0. The lowest BCUT2D eigenvalue weighted by Crippen LogP contribution is -2.08. The average Bonchev–Trinajstić information content (AvgIpc) is 3.48. The Hall–Kier alpha value is -5.61. The van der Waals surface area contributed by atoms with Gasteiger partial charge in [-0.25, -0.2) is 15.0 Å². The van der Waals surface area contributed by atoms with Crippen LogP contribution in [0.4, 0.5) is 0 Å². The van der Waals surface area contributed by atoms with E-state index < -0.39 is 0 Å². The third-order valence-electron chi connectivity index (χ3n) is 8.03. The molecule has 1 unspecified atom stereocenters. The quantitative estimate of drug-likeness (QED) is 0.213. The first-order valence-corrected chi connectivity index (χ1v) is 14.6. The second kappa shape index (κ2) is 10.7. The van der Waals surface area contributed by atoms with Crippen molar-refractivity contribution in [3.63, 3.8) is 0 Å². The van der Waals surface area contributed by atoms with Gasteiger partial charge in [0.2, 0.25) is 0 Å². The van der Waals surface area contributed by atoms with Crippen molar-refractivity contribution >= 4 is 21.9 Å². The highest BCUT2D eigenvalue weighted by Crippen LogP contribution is 2.38. The summed E-state index contributed by atoms with van der Waals surface area (Å²) in [6, 6.07) is 41.7. The Kier molecular flexibility index (Phi) is 6.23. The fourth-order valence-corrected chi connectivity index (χ4v) is 5.90. The first-order chi connectivity index (χ1) is 21.3. The number of benzene rings is 5. The molecular formula is C39H27N3O. The van der Waals surface area contributed by atoms with Gasteiger partial charge in [-0.05, 0) is 52.9 Å². The molecule has 1 atom stereocenters. The number of furan rings is 1. The summed E-state index contributed by atoms with van der Waals surface area (Å²) in [6.45, 7) is 0. The topological polar surface area (TPSA) is 51.8 Å². The van der Waals surface area contributed by atoms with Gasteiger partial charge in [0.05, 0.1) is 0 Å². The van der Waals surface area contributed by atoms with Crippen LogP contribution in [-0.4, -0.2) is 15.0 Å². The van der Waals surface area contributed by atoms with Gasteiger partial charge in [0.15, 0.2) is 11.6 Å². The van der Waals surface area contributed by atoms with E-state index in [1.165, 1.54) is 0 Å². The number of para-hydroxylation sites is 1. The van der Waals surface area contributed by atoms with E-state index >= 15 is 0 Å². The molecule has 0 spiro atoms. The second-order valence-electron chi connectivity index (χ2n) is 10.8. The largest absolute Gasteiger partial charge is 0.456 e. The summed E-state index contributed by atoms with van der Waals surface area (Å²) in [6.07, 6.45) is 9.35. The number of fused-ring (bicyclic) bond motifs is 3. The summed E-state index contributed by atoms with van der Waals surface area (Å²) in [4.78, 5) is 15.1. The predicted octanol–water partition coefficient (Wildman–Crippen LogP) is 10.0. The molecule has 8 rings (SSSR count). The van der Waals surface area contributed by atoms with Crippen LogP contribution in [0.2, 0.25) is 0 Å². The van der Waals surface area contributed by atoms with Crippen LogP contribution in [0.15, 0.2) is 150 Å². The highest BCUT2D eigenvalue weighted by atomic mass is 16.3. The van der Waals surface area contributed by atoms with Crippen LogP contribution in [0.1, 0.15) is 18.2 Å². The van der Waals surface area contributed by atoms with Gasteiger partial charge < -0.3 is 4.42 Å². The van der Waals surface area contributed by atoms with Crippen LogP contribution < -0.4 is 0 Å². The van der Waals surface area contributed by atoms with Gasteiger partial charge >= 0.3 is 0 Å². The molecule has 0 amide bonds. The zero-order chi connectivity index (χ0) is 28.6. The molecule has 7 aromatic rings. The monoisotopic (exact) mass is 553 g/mol. The molecule has 0 saturated carbocycles. The summed E-state index contributed by atoms with van der Waals surface area (Å²) in [5.74, 6) is 2.21. The van der Waals surface area contributed by atoms with Crippen LogP contribution in [0, 0.1) is 0 Å². The molecule has 0 aliphatic heterocycles. The highest BCUT2D eigenvalue weighted by Gasteiger charge is 2.18. The molecule has 0 N–H and O–H groups in total. The van der Waals surface area contributed by atoms with E-state index in [4.69, 9.17) is 19.4 Å². The maximum atomic E-state index is 6.17. The summed E-state index contributed by atoms with van der Waals surface area (Å²) in [5, 5.41) is 2.22. The normalized spacial score (nSPS) is 14.5. The summed E-state index contributed by atoms with van der Waals surface area (Å²) in [5.41, 5.74) is 8.18. The van der Waals surface area contributed by atoms with E-state index in [0.717, 1.165) is 67.6 Å². The number of rotatable bonds is 5. The minimum Gasteiger partial charge on any atom is -0.456 e. The van der Waals surface area contributed by atoms with E-state index in [-0.39, 0.29) is 5.92 Å². The van der Waals surface area contributed by atoms with E-state index in [2.05, 4.69) is 121 Å². The van der Waals surface area contributed by atoms with Gasteiger partial charge in [-0.2, -0.15) is 0 Å². The molecule has 1 aliphatic rings. The zero-order valence-electron chi connectivity index (χ0n) is 23.4. The van der Waals surface area contributed by atoms with Crippen molar-refractivity contribution in [3.05, 3.63) is 151 Å². The van der Waals surface area contributed by atoms with Crippen molar-refractivity contribution in [3.8, 4) is 45.0 Å².